The number of ether oxygens (including phenoxy) is 3. The summed E-state index contributed by atoms with van der Waals surface area (Å²) in [7, 11) is -4.20. The van der Waals surface area contributed by atoms with Gasteiger partial charge in [-0.3, -0.25) is 0 Å². The fourth-order valence-electron chi connectivity index (χ4n) is 3.46. The lowest BCUT2D eigenvalue weighted by Gasteiger charge is -2.39. The molecular formula is C23H27NO6S. The van der Waals surface area contributed by atoms with Gasteiger partial charge >= 0.3 is 5.97 Å². The van der Waals surface area contributed by atoms with Gasteiger partial charge in [-0.15, -0.1) is 0 Å². The first-order valence-corrected chi connectivity index (χ1v) is 11.6. The fraction of sp³-hybridized carbons (Fsp3) is 0.391. The fourth-order valence-corrected chi connectivity index (χ4v) is 5.12. The van der Waals surface area contributed by atoms with Crippen LogP contribution in [0.2, 0.25) is 0 Å². The molecule has 0 amide bonds. The van der Waals surface area contributed by atoms with E-state index < -0.39 is 32.8 Å². The Hall–Kier alpha value is -2.73. The minimum atomic E-state index is -4.20. The summed E-state index contributed by atoms with van der Waals surface area (Å²) in [5, 5.41) is 8.39. The van der Waals surface area contributed by atoms with Crippen molar-refractivity contribution in [2.75, 3.05) is 19.8 Å². The molecule has 0 aromatic heterocycles. The van der Waals surface area contributed by atoms with Crippen LogP contribution >= 0.6 is 0 Å². The maximum atomic E-state index is 13.5. The average Bonchev–Trinajstić information content (AvgIpc) is 2.78. The Morgan fingerprint density at radius 1 is 0.935 bits per heavy atom. The maximum Gasteiger partial charge on any atom is 0.367 e. The largest absolute Gasteiger partial charge is 0.462 e. The topological polar surface area (TPSA) is 103 Å². The summed E-state index contributed by atoms with van der Waals surface area (Å²) in [4.78, 5) is 13.1. The molecule has 0 fully saturated rings. The molecule has 0 bridgehead atoms. The van der Waals surface area contributed by atoms with E-state index >= 15 is 0 Å². The standard InChI is InChI=1S/C23H27NO6S/c1-4-28-22(25)23(29-5-2,30-6-3)21(18-13-9-7-10-14-18)20(17-24)31(26,27)19-15-11-8-12-16-19/h7-16,20-21H,4-6H2,1-3H3/t20-,21+/m0/s1. The summed E-state index contributed by atoms with van der Waals surface area (Å²) >= 11 is 0. The summed E-state index contributed by atoms with van der Waals surface area (Å²) in [6.07, 6.45) is 0. The second-order valence-electron chi connectivity index (χ2n) is 6.55. The zero-order valence-electron chi connectivity index (χ0n) is 17.9. The van der Waals surface area contributed by atoms with Gasteiger partial charge in [0, 0.05) is 13.2 Å². The summed E-state index contributed by atoms with van der Waals surface area (Å²) in [6, 6.07) is 18.0. The predicted octanol–water partition coefficient (Wildman–Crippen LogP) is 3.47. The molecule has 7 nitrogen and oxygen atoms in total. The van der Waals surface area contributed by atoms with Crippen LogP contribution in [0.1, 0.15) is 32.3 Å². The first kappa shape index (κ1) is 24.5. The highest BCUT2D eigenvalue weighted by Crippen LogP contribution is 2.41. The molecule has 8 heteroatoms. The molecule has 2 aromatic carbocycles. The highest BCUT2D eigenvalue weighted by molar-refractivity contribution is 7.92. The van der Waals surface area contributed by atoms with Gasteiger partial charge in [-0.2, -0.15) is 5.26 Å². The molecule has 0 aliphatic carbocycles. The molecule has 0 spiro atoms. The van der Waals surface area contributed by atoms with E-state index in [4.69, 9.17) is 14.2 Å². The average molecular weight is 446 g/mol. The molecule has 0 aliphatic rings. The zero-order chi connectivity index (χ0) is 22.9. The number of nitrogens with zero attached hydrogens (tertiary/aromatic N) is 1. The van der Waals surface area contributed by atoms with E-state index in [1.54, 1.807) is 69.3 Å². The Morgan fingerprint density at radius 3 is 1.90 bits per heavy atom. The van der Waals surface area contributed by atoms with E-state index in [1.165, 1.54) is 12.1 Å². The monoisotopic (exact) mass is 445 g/mol. The van der Waals surface area contributed by atoms with E-state index in [9.17, 15) is 18.5 Å². The van der Waals surface area contributed by atoms with E-state index in [0.29, 0.717) is 5.56 Å². The third-order valence-electron chi connectivity index (χ3n) is 4.68. The van der Waals surface area contributed by atoms with Crippen molar-refractivity contribution in [1.82, 2.24) is 0 Å². The molecule has 0 saturated heterocycles. The van der Waals surface area contributed by atoms with Crippen molar-refractivity contribution < 1.29 is 27.4 Å². The summed E-state index contributed by atoms with van der Waals surface area (Å²) in [5.74, 6) is -4.30. The minimum Gasteiger partial charge on any atom is -0.462 e. The van der Waals surface area contributed by atoms with Crippen LogP contribution in [-0.2, 0) is 28.8 Å². The first-order chi connectivity index (χ1) is 14.9. The molecule has 0 aliphatic heterocycles. The molecular weight excluding hydrogens is 418 g/mol. The number of esters is 1. The van der Waals surface area contributed by atoms with E-state index in [1.807, 2.05) is 6.07 Å². The van der Waals surface area contributed by atoms with Crippen molar-refractivity contribution in [2.45, 2.75) is 42.6 Å². The summed E-state index contributed by atoms with van der Waals surface area (Å²) < 4.78 is 43.9. The lowest BCUT2D eigenvalue weighted by Crippen LogP contribution is -2.55. The van der Waals surface area contributed by atoms with E-state index in [-0.39, 0.29) is 24.7 Å². The normalized spacial score (nSPS) is 13.7. The number of sulfone groups is 1. The predicted molar refractivity (Wildman–Crippen MR) is 115 cm³/mol. The van der Waals surface area contributed by atoms with Gasteiger partial charge in [0.15, 0.2) is 15.1 Å². The number of hydrogen-bond donors (Lipinski definition) is 0. The van der Waals surface area contributed by atoms with Crippen LogP contribution in [0.5, 0.6) is 0 Å². The van der Waals surface area contributed by atoms with Crippen molar-refractivity contribution in [3.8, 4) is 6.07 Å². The van der Waals surface area contributed by atoms with Crippen molar-refractivity contribution in [2.24, 2.45) is 0 Å². The Kier molecular flexibility index (Phi) is 8.75. The van der Waals surface area contributed by atoms with Crippen LogP contribution in [0, 0.1) is 11.3 Å². The summed E-state index contributed by atoms with van der Waals surface area (Å²) in [6.45, 7) is 5.03. The maximum absolute atomic E-state index is 13.5. The van der Waals surface area contributed by atoms with Gasteiger partial charge in [0.2, 0.25) is 0 Å². The van der Waals surface area contributed by atoms with Crippen LogP contribution in [0.4, 0.5) is 0 Å². The number of rotatable bonds is 11. The quantitative estimate of drug-likeness (QED) is 0.385. The van der Waals surface area contributed by atoms with Gasteiger partial charge in [-0.25, -0.2) is 13.2 Å². The second kappa shape index (κ2) is 11.0. The first-order valence-electron chi connectivity index (χ1n) is 10.1. The second-order valence-corrected chi connectivity index (χ2v) is 8.62. The smallest absolute Gasteiger partial charge is 0.367 e. The molecule has 0 radical (unpaired) electrons. The SMILES string of the molecule is CCOC(=O)C(OCC)(OCC)[C@H](c1ccccc1)[C@H](C#N)S(=O)(=O)c1ccccc1. The van der Waals surface area contributed by atoms with Crippen LogP contribution in [0.3, 0.4) is 0 Å². The van der Waals surface area contributed by atoms with Crippen LogP contribution in [0.15, 0.2) is 65.6 Å². The van der Waals surface area contributed by atoms with E-state index in [2.05, 4.69) is 0 Å². The highest BCUT2D eigenvalue weighted by atomic mass is 32.2. The van der Waals surface area contributed by atoms with Crippen molar-refractivity contribution >= 4 is 15.8 Å². The van der Waals surface area contributed by atoms with Gasteiger partial charge in [0.1, 0.15) is 0 Å². The number of carbonyl (C=O) groups is 1. The van der Waals surface area contributed by atoms with Gasteiger partial charge in [-0.05, 0) is 38.5 Å². The Morgan fingerprint density at radius 2 is 1.45 bits per heavy atom. The van der Waals surface area contributed by atoms with Crippen molar-refractivity contribution in [3.63, 3.8) is 0 Å². The number of nitriles is 1. The van der Waals surface area contributed by atoms with Crippen LogP contribution < -0.4 is 0 Å². The number of hydrogen-bond acceptors (Lipinski definition) is 7. The lowest BCUT2D eigenvalue weighted by atomic mass is 9.87. The number of benzene rings is 2. The molecule has 2 aromatic rings. The van der Waals surface area contributed by atoms with Gasteiger partial charge in [0.25, 0.3) is 5.79 Å². The Bertz CT molecular complexity index is 980. The Balaban J connectivity index is 2.81. The van der Waals surface area contributed by atoms with Crippen LogP contribution in [-0.4, -0.2) is 45.2 Å². The third-order valence-corrected chi connectivity index (χ3v) is 6.66. The Labute approximate surface area is 183 Å². The van der Waals surface area contributed by atoms with Gasteiger partial charge in [-0.1, -0.05) is 48.5 Å². The zero-order valence-corrected chi connectivity index (χ0v) is 18.7. The molecule has 0 saturated carbocycles. The van der Waals surface area contributed by atoms with E-state index in [0.717, 1.165) is 0 Å². The third kappa shape index (κ3) is 5.13. The highest BCUT2D eigenvalue weighted by Gasteiger charge is 2.57. The minimum absolute atomic E-state index is 0.0326. The van der Waals surface area contributed by atoms with Gasteiger partial charge < -0.3 is 14.2 Å². The molecule has 0 N–H and O–H groups in total. The molecule has 31 heavy (non-hydrogen) atoms. The molecule has 2 rings (SSSR count). The van der Waals surface area contributed by atoms with Crippen molar-refractivity contribution in [1.29, 1.82) is 5.26 Å². The van der Waals surface area contributed by atoms with Crippen LogP contribution in [0.25, 0.3) is 0 Å². The van der Waals surface area contributed by atoms with Gasteiger partial charge in [0.05, 0.1) is 23.5 Å². The molecule has 0 unspecified atom stereocenters. The van der Waals surface area contributed by atoms with Crippen molar-refractivity contribution in [3.05, 3.63) is 66.2 Å². The summed E-state index contributed by atoms with van der Waals surface area (Å²) in [5.41, 5.74) is 0.406. The lowest BCUT2D eigenvalue weighted by molar-refractivity contribution is -0.254. The molecule has 2 atom stereocenters. The number of carbonyl (C=O) groups excluding carboxylic acids is 1. The molecule has 0 heterocycles. The molecule has 166 valence electrons.